The number of hydrogen-bond acceptors (Lipinski definition) is 2. The fourth-order valence-electron chi connectivity index (χ4n) is 2.15. The van der Waals surface area contributed by atoms with E-state index in [1.54, 1.807) is 0 Å². The van der Waals surface area contributed by atoms with E-state index in [4.69, 9.17) is 4.74 Å². The van der Waals surface area contributed by atoms with E-state index >= 15 is 0 Å². The zero-order valence-electron chi connectivity index (χ0n) is 10.8. The minimum Gasteiger partial charge on any atom is -0.372 e. The highest BCUT2D eigenvalue weighted by atomic mass is 19.1. The van der Waals surface area contributed by atoms with Gasteiger partial charge in [-0.2, -0.15) is 0 Å². The number of rotatable bonds is 1. The lowest BCUT2D eigenvalue weighted by Gasteiger charge is -2.35. The predicted molar refractivity (Wildman–Crippen MR) is 67.0 cm³/mol. The standard InChI is InChI=1S/C13H16F2N2O2/c1-8-6-17(7-9(2)19-8)13(18)16-12-10(14)4-3-5-11(12)15/h3-5,8-9H,6-7H2,1-2H3,(H,16,18). The van der Waals surface area contributed by atoms with E-state index in [0.717, 1.165) is 12.1 Å². The van der Waals surface area contributed by atoms with Crippen LogP contribution in [-0.2, 0) is 4.74 Å². The van der Waals surface area contributed by atoms with Crippen LogP contribution in [0.4, 0.5) is 19.3 Å². The molecule has 0 aromatic heterocycles. The Bertz CT molecular complexity index is 451. The molecule has 0 spiro atoms. The van der Waals surface area contributed by atoms with Crippen LogP contribution in [0.5, 0.6) is 0 Å². The number of halogens is 2. The van der Waals surface area contributed by atoms with Crippen molar-refractivity contribution >= 4 is 11.7 Å². The number of nitrogens with zero attached hydrogens (tertiary/aromatic N) is 1. The van der Waals surface area contributed by atoms with Crippen molar-refractivity contribution in [2.45, 2.75) is 26.1 Å². The summed E-state index contributed by atoms with van der Waals surface area (Å²) in [4.78, 5) is 13.5. The summed E-state index contributed by atoms with van der Waals surface area (Å²) in [6.07, 6.45) is -0.195. The van der Waals surface area contributed by atoms with Crippen LogP contribution >= 0.6 is 0 Å². The van der Waals surface area contributed by atoms with Gasteiger partial charge >= 0.3 is 6.03 Å². The summed E-state index contributed by atoms with van der Waals surface area (Å²) in [5.74, 6) is -1.58. The average molecular weight is 270 g/mol. The molecule has 1 aromatic rings. The molecule has 0 radical (unpaired) electrons. The Kier molecular flexibility index (Phi) is 3.99. The van der Waals surface area contributed by atoms with Gasteiger partial charge in [-0.25, -0.2) is 13.6 Å². The van der Waals surface area contributed by atoms with Crippen LogP contribution in [0.3, 0.4) is 0 Å². The van der Waals surface area contributed by atoms with Gasteiger partial charge in [-0.1, -0.05) is 6.07 Å². The minimum atomic E-state index is -0.789. The van der Waals surface area contributed by atoms with Crippen molar-refractivity contribution in [1.29, 1.82) is 0 Å². The molecule has 104 valence electrons. The summed E-state index contributed by atoms with van der Waals surface area (Å²) >= 11 is 0. The Balaban J connectivity index is 2.08. The molecule has 2 amide bonds. The van der Waals surface area contributed by atoms with E-state index in [1.807, 2.05) is 13.8 Å². The van der Waals surface area contributed by atoms with Gasteiger partial charge in [-0.05, 0) is 26.0 Å². The molecule has 2 rings (SSSR count). The van der Waals surface area contributed by atoms with Crippen LogP contribution in [0.1, 0.15) is 13.8 Å². The number of carbonyl (C=O) groups excluding carboxylic acids is 1. The fourth-order valence-corrected chi connectivity index (χ4v) is 2.15. The number of urea groups is 1. The Labute approximate surface area is 110 Å². The Hall–Kier alpha value is -1.69. The molecule has 2 unspecified atom stereocenters. The highest BCUT2D eigenvalue weighted by Gasteiger charge is 2.26. The third kappa shape index (κ3) is 3.20. The minimum absolute atomic E-state index is 0.0973. The molecule has 1 heterocycles. The van der Waals surface area contributed by atoms with Crippen molar-refractivity contribution in [2.75, 3.05) is 18.4 Å². The molecule has 0 saturated carbocycles. The van der Waals surface area contributed by atoms with Crippen LogP contribution < -0.4 is 5.32 Å². The first-order valence-electron chi connectivity index (χ1n) is 6.12. The first kappa shape index (κ1) is 13.7. The number of benzene rings is 1. The first-order valence-corrected chi connectivity index (χ1v) is 6.12. The normalized spacial score (nSPS) is 23.3. The molecule has 19 heavy (non-hydrogen) atoms. The molecular weight excluding hydrogens is 254 g/mol. The maximum Gasteiger partial charge on any atom is 0.322 e. The molecule has 1 aliphatic heterocycles. The average Bonchev–Trinajstić information content (AvgIpc) is 2.32. The van der Waals surface area contributed by atoms with Crippen molar-refractivity contribution in [1.82, 2.24) is 4.90 Å². The summed E-state index contributed by atoms with van der Waals surface area (Å²) in [6.45, 7) is 4.48. The van der Waals surface area contributed by atoms with Crippen molar-refractivity contribution in [3.63, 3.8) is 0 Å². The highest BCUT2D eigenvalue weighted by molar-refractivity contribution is 5.89. The number of para-hydroxylation sites is 1. The quantitative estimate of drug-likeness (QED) is 0.852. The Morgan fingerprint density at radius 2 is 1.79 bits per heavy atom. The monoisotopic (exact) mass is 270 g/mol. The van der Waals surface area contributed by atoms with E-state index in [1.165, 1.54) is 11.0 Å². The molecule has 1 N–H and O–H groups in total. The van der Waals surface area contributed by atoms with E-state index in [0.29, 0.717) is 13.1 Å². The van der Waals surface area contributed by atoms with Crippen LogP contribution in [0.25, 0.3) is 0 Å². The first-order chi connectivity index (χ1) is 8.97. The number of morpholine rings is 1. The van der Waals surface area contributed by atoms with E-state index < -0.39 is 23.4 Å². The number of hydrogen-bond donors (Lipinski definition) is 1. The largest absolute Gasteiger partial charge is 0.372 e. The number of nitrogens with one attached hydrogen (secondary N) is 1. The molecule has 1 fully saturated rings. The molecule has 2 atom stereocenters. The predicted octanol–water partition coefficient (Wildman–Crippen LogP) is 2.61. The topological polar surface area (TPSA) is 41.6 Å². The molecular formula is C13H16F2N2O2. The van der Waals surface area contributed by atoms with Crippen LogP contribution in [0.2, 0.25) is 0 Å². The second-order valence-corrected chi connectivity index (χ2v) is 4.69. The summed E-state index contributed by atoms with van der Waals surface area (Å²) in [5, 5.41) is 2.27. The number of amides is 2. The lowest BCUT2D eigenvalue weighted by atomic mass is 10.2. The lowest BCUT2D eigenvalue weighted by Crippen LogP contribution is -2.49. The van der Waals surface area contributed by atoms with Crippen LogP contribution in [0, 0.1) is 11.6 Å². The zero-order chi connectivity index (χ0) is 14.0. The molecule has 1 aromatic carbocycles. The zero-order valence-corrected chi connectivity index (χ0v) is 10.8. The second kappa shape index (κ2) is 5.52. The van der Waals surface area contributed by atoms with Crippen LogP contribution in [-0.4, -0.2) is 36.2 Å². The van der Waals surface area contributed by atoms with E-state index in [-0.39, 0.29) is 12.2 Å². The smallest absolute Gasteiger partial charge is 0.322 e. The summed E-state index contributed by atoms with van der Waals surface area (Å²) < 4.78 is 32.4. The molecule has 1 saturated heterocycles. The van der Waals surface area contributed by atoms with Crippen LogP contribution in [0.15, 0.2) is 18.2 Å². The second-order valence-electron chi connectivity index (χ2n) is 4.69. The molecule has 0 bridgehead atoms. The molecule has 6 heteroatoms. The molecule has 1 aliphatic rings. The van der Waals surface area contributed by atoms with E-state index in [9.17, 15) is 13.6 Å². The third-order valence-electron chi connectivity index (χ3n) is 2.90. The molecule has 0 aliphatic carbocycles. The van der Waals surface area contributed by atoms with Crippen molar-refractivity contribution in [3.05, 3.63) is 29.8 Å². The maximum absolute atomic E-state index is 13.4. The Morgan fingerprint density at radius 3 is 2.32 bits per heavy atom. The Morgan fingerprint density at radius 1 is 1.26 bits per heavy atom. The van der Waals surface area contributed by atoms with Crippen molar-refractivity contribution < 1.29 is 18.3 Å². The van der Waals surface area contributed by atoms with Gasteiger partial charge < -0.3 is 15.0 Å². The van der Waals surface area contributed by atoms with Gasteiger partial charge in [0.1, 0.15) is 17.3 Å². The van der Waals surface area contributed by atoms with Gasteiger partial charge in [-0.3, -0.25) is 0 Å². The summed E-state index contributed by atoms with van der Waals surface area (Å²) in [7, 11) is 0. The maximum atomic E-state index is 13.4. The van der Waals surface area contributed by atoms with E-state index in [2.05, 4.69) is 5.32 Å². The van der Waals surface area contributed by atoms with Gasteiger partial charge in [-0.15, -0.1) is 0 Å². The third-order valence-corrected chi connectivity index (χ3v) is 2.90. The van der Waals surface area contributed by atoms with Gasteiger partial charge in [0.15, 0.2) is 0 Å². The van der Waals surface area contributed by atoms with Gasteiger partial charge in [0.25, 0.3) is 0 Å². The number of carbonyl (C=O) groups is 1. The molecule has 4 nitrogen and oxygen atoms in total. The summed E-state index contributed by atoms with van der Waals surface area (Å²) in [6, 6.07) is 2.93. The fraction of sp³-hybridized carbons (Fsp3) is 0.462. The SMILES string of the molecule is CC1CN(C(=O)Nc2c(F)cccc2F)CC(C)O1. The van der Waals surface area contributed by atoms with Gasteiger partial charge in [0, 0.05) is 13.1 Å². The van der Waals surface area contributed by atoms with Crippen molar-refractivity contribution in [2.24, 2.45) is 0 Å². The van der Waals surface area contributed by atoms with Gasteiger partial charge in [0.2, 0.25) is 0 Å². The number of ether oxygens (including phenoxy) is 1. The van der Waals surface area contributed by atoms with Crippen molar-refractivity contribution in [3.8, 4) is 0 Å². The van der Waals surface area contributed by atoms with Gasteiger partial charge in [0.05, 0.1) is 12.2 Å². The number of anilines is 1. The summed E-state index contributed by atoms with van der Waals surface area (Å²) in [5.41, 5.74) is -0.417. The highest BCUT2D eigenvalue weighted by Crippen LogP contribution is 2.19. The lowest BCUT2D eigenvalue weighted by molar-refractivity contribution is -0.0530.